The minimum absolute atomic E-state index is 0.0994. The summed E-state index contributed by atoms with van der Waals surface area (Å²) in [4.78, 5) is 23.5. The molecule has 0 aliphatic carbocycles. The average Bonchev–Trinajstić information content (AvgIpc) is 2.35. The van der Waals surface area contributed by atoms with Crippen LogP contribution in [0.15, 0.2) is 22.7 Å². The molecular weight excluding hydrogens is 315 g/mol. The molecule has 0 aliphatic rings. The highest BCUT2D eigenvalue weighted by molar-refractivity contribution is 9.10. The first-order valence-corrected chi connectivity index (χ1v) is 6.79. The maximum atomic E-state index is 13.6. The fraction of sp³-hybridized carbons (Fsp3) is 0.385. The summed E-state index contributed by atoms with van der Waals surface area (Å²) in [5, 5.41) is 5.12. The Bertz CT molecular complexity index is 459. The van der Waals surface area contributed by atoms with E-state index in [2.05, 4.69) is 26.6 Å². The molecule has 0 spiro atoms. The maximum Gasteiger partial charge on any atom is 0.256 e. The fourth-order valence-electron chi connectivity index (χ4n) is 1.45. The van der Waals surface area contributed by atoms with E-state index in [4.69, 9.17) is 0 Å². The van der Waals surface area contributed by atoms with Crippen LogP contribution in [0.5, 0.6) is 0 Å². The predicted octanol–water partition coefficient (Wildman–Crippen LogP) is 2.23. The first kappa shape index (κ1) is 15.6. The number of amides is 2. The number of benzene rings is 1. The molecule has 1 aromatic rings. The Morgan fingerprint density at radius 1 is 1.42 bits per heavy atom. The molecule has 0 bridgehead atoms. The molecule has 0 fully saturated rings. The Hall–Kier alpha value is -1.43. The number of nitrogens with one attached hydrogen (secondary N) is 2. The van der Waals surface area contributed by atoms with Gasteiger partial charge in [-0.2, -0.15) is 0 Å². The number of hydrogen-bond acceptors (Lipinski definition) is 2. The van der Waals surface area contributed by atoms with Crippen molar-refractivity contribution in [1.29, 1.82) is 0 Å². The second kappa shape index (κ2) is 7.23. The highest BCUT2D eigenvalue weighted by atomic mass is 79.9. The van der Waals surface area contributed by atoms with Crippen molar-refractivity contribution >= 4 is 27.7 Å². The van der Waals surface area contributed by atoms with Gasteiger partial charge in [0, 0.05) is 11.0 Å². The third-order valence-electron chi connectivity index (χ3n) is 2.48. The summed E-state index contributed by atoms with van der Waals surface area (Å²) in [6.07, 6.45) is 0.811. The number of rotatable bonds is 5. The Kier molecular flexibility index (Phi) is 5.95. The van der Waals surface area contributed by atoms with E-state index < -0.39 is 17.8 Å². The predicted molar refractivity (Wildman–Crippen MR) is 74.3 cm³/mol. The van der Waals surface area contributed by atoms with Crippen LogP contribution in [0, 0.1) is 5.82 Å². The lowest BCUT2D eigenvalue weighted by Crippen LogP contribution is -2.45. The van der Waals surface area contributed by atoms with Gasteiger partial charge in [0.25, 0.3) is 5.91 Å². The zero-order chi connectivity index (χ0) is 14.4. The van der Waals surface area contributed by atoms with Crippen molar-refractivity contribution in [1.82, 2.24) is 10.6 Å². The van der Waals surface area contributed by atoms with Gasteiger partial charge in [-0.05, 0) is 41.4 Å². The largest absolute Gasteiger partial charge is 0.354 e. The Morgan fingerprint density at radius 3 is 2.68 bits per heavy atom. The molecule has 2 amide bonds. The fourth-order valence-corrected chi connectivity index (χ4v) is 1.97. The van der Waals surface area contributed by atoms with Crippen molar-refractivity contribution in [3.05, 3.63) is 34.1 Å². The van der Waals surface area contributed by atoms with E-state index in [1.165, 1.54) is 12.1 Å². The van der Waals surface area contributed by atoms with E-state index in [0.717, 1.165) is 6.42 Å². The quantitative estimate of drug-likeness (QED) is 0.869. The van der Waals surface area contributed by atoms with Gasteiger partial charge in [0.05, 0.1) is 5.56 Å². The molecular formula is C13H16BrFN2O2. The van der Waals surface area contributed by atoms with Gasteiger partial charge in [0.2, 0.25) is 5.91 Å². The van der Waals surface area contributed by atoms with Gasteiger partial charge in [-0.1, -0.05) is 13.0 Å². The van der Waals surface area contributed by atoms with Crippen LogP contribution < -0.4 is 10.6 Å². The second-order valence-corrected chi connectivity index (χ2v) is 4.94. The monoisotopic (exact) mass is 330 g/mol. The van der Waals surface area contributed by atoms with E-state index in [1.807, 2.05) is 6.92 Å². The maximum absolute atomic E-state index is 13.6. The van der Waals surface area contributed by atoms with Crippen LogP contribution in [0.3, 0.4) is 0 Å². The standard InChI is InChI=1S/C13H16BrFN2O2/c1-3-7-16-12(18)8(2)17-13(19)11-9(14)5-4-6-10(11)15/h4-6,8H,3,7H2,1-2H3,(H,16,18)(H,17,19). The van der Waals surface area contributed by atoms with Gasteiger partial charge in [-0.3, -0.25) is 9.59 Å². The molecule has 19 heavy (non-hydrogen) atoms. The van der Waals surface area contributed by atoms with Crippen molar-refractivity contribution in [2.45, 2.75) is 26.3 Å². The molecule has 0 saturated heterocycles. The van der Waals surface area contributed by atoms with Gasteiger partial charge < -0.3 is 10.6 Å². The summed E-state index contributed by atoms with van der Waals surface area (Å²) in [6, 6.07) is 3.54. The molecule has 0 radical (unpaired) electrons. The lowest BCUT2D eigenvalue weighted by Gasteiger charge is -2.14. The van der Waals surface area contributed by atoms with Crippen molar-refractivity contribution in [2.75, 3.05) is 6.54 Å². The first-order valence-electron chi connectivity index (χ1n) is 6.00. The third-order valence-corrected chi connectivity index (χ3v) is 3.14. The van der Waals surface area contributed by atoms with Crippen LogP contribution in [-0.4, -0.2) is 24.4 Å². The first-order chi connectivity index (χ1) is 8.97. The summed E-state index contributed by atoms with van der Waals surface area (Å²) in [5.41, 5.74) is -0.0994. The topological polar surface area (TPSA) is 58.2 Å². The molecule has 2 N–H and O–H groups in total. The minimum Gasteiger partial charge on any atom is -0.354 e. The normalized spacial score (nSPS) is 11.8. The lowest BCUT2D eigenvalue weighted by molar-refractivity contribution is -0.122. The van der Waals surface area contributed by atoms with Gasteiger partial charge >= 0.3 is 0 Å². The molecule has 0 heterocycles. The van der Waals surface area contributed by atoms with Gasteiger partial charge in [0.1, 0.15) is 11.9 Å². The SMILES string of the molecule is CCCNC(=O)C(C)NC(=O)c1c(F)cccc1Br. The van der Waals surface area contributed by atoms with Crippen molar-refractivity contribution in [3.8, 4) is 0 Å². The summed E-state index contributed by atoms with van der Waals surface area (Å²) in [6.45, 7) is 4.03. The Balaban J connectivity index is 2.72. The lowest BCUT2D eigenvalue weighted by atomic mass is 10.2. The Labute approximate surface area is 119 Å². The summed E-state index contributed by atoms with van der Waals surface area (Å²) < 4.78 is 13.9. The van der Waals surface area contributed by atoms with Crippen molar-refractivity contribution in [3.63, 3.8) is 0 Å². The molecule has 1 rings (SSSR count). The van der Waals surface area contributed by atoms with Crippen molar-refractivity contribution in [2.24, 2.45) is 0 Å². The molecule has 0 aliphatic heterocycles. The van der Waals surface area contributed by atoms with E-state index in [9.17, 15) is 14.0 Å². The molecule has 104 valence electrons. The van der Waals surface area contributed by atoms with E-state index in [1.54, 1.807) is 13.0 Å². The summed E-state index contributed by atoms with van der Waals surface area (Å²) in [7, 11) is 0. The Morgan fingerprint density at radius 2 is 2.11 bits per heavy atom. The second-order valence-electron chi connectivity index (χ2n) is 4.08. The molecule has 1 atom stereocenters. The number of carbonyl (C=O) groups excluding carboxylic acids is 2. The van der Waals surface area contributed by atoms with Crippen LogP contribution >= 0.6 is 15.9 Å². The smallest absolute Gasteiger partial charge is 0.256 e. The van der Waals surface area contributed by atoms with E-state index in [0.29, 0.717) is 11.0 Å². The molecule has 6 heteroatoms. The molecule has 0 saturated carbocycles. The highest BCUT2D eigenvalue weighted by Gasteiger charge is 2.20. The van der Waals surface area contributed by atoms with Crippen LogP contribution in [0.25, 0.3) is 0 Å². The average molecular weight is 331 g/mol. The van der Waals surface area contributed by atoms with Crippen LogP contribution in [-0.2, 0) is 4.79 Å². The zero-order valence-corrected chi connectivity index (χ0v) is 12.4. The molecule has 0 aromatic heterocycles. The number of carbonyl (C=O) groups is 2. The summed E-state index contributed by atoms with van der Waals surface area (Å²) >= 11 is 3.12. The van der Waals surface area contributed by atoms with Crippen molar-refractivity contribution < 1.29 is 14.0 Å². The molecule has 4 nitrogen and oxygen atoms in total. The number of hydrogen-bond donors (Lipinski definition) is 2. The van der Waals surface area contributed by atoms with E-state index in [-0.39, 0.29) is 11.5 Å². The molecule has 1 aromatic carbocycles. The van der Waals surface area contributed by atoms with Gasteiger partial charge in [0.15, 0.2) is 0 Å². The summed E-state index contributed by atoms with van der Waals surface area (Å²) in [5.74, 6) is -1.54. The van der Waals surface area contributed by atoms with Gasteiger partial charge in [-0.15, -0.1) is 0 Å². The third kappa shape index (κ3) is 4.31. The van der Waals surface area contributed by atoms with Crippen LogP contribution in [0.1, 0.15) is 30.6 Å². The minimum atomic E-state index is -0.717. The van der Waals surface area contributed by atoms with E-state index >= 15 is 0 Å². The molecule has 1 unspecified atom stereocenters. The zero-order valence-electron chi connectivity index (χ0n) is 10.8. The van der Waals surface area contributed by atoms with Gasteiger partial charge in [-0.25, -0.2) is 4.39 Å². The highest BCUT2D eigenvalue weighted by Crippen LogP contribution is 2.19. The van der Waals surface area contributed by atoms with Crippen LogP contribution in [0.4, 0.5) is 4.39 Å². The van der Waals surface area contributed by atoms with Crippen LogP contribution in [0.2, 0.25) is 0 Å². The number of halogens is 2.